The van der Waals surface area contributed by atoms with Gasteiger partial charge in [-0.2, -0.15) is 0 Å². The Kier molecular flexibility index (Phi) is 6.01. The molecule has 8 nitrogen and oxygen atoms in total. The van der Waals surface area contributed by atoms with Crippen molar-refractivity contribution in [2.45, 2.75) is 13.0 Å². The number of carbonyl (C=O) groups excluding carboxylic acids is 2. The Morgan fingerprint density at radius 3 is 2.50 bits per heavy atom. The summed E-state index contributed by atoms with van der Waals surface area (Å²) in [7, 11) is 0. The zero-order chi connectivity index (χ0) is 19.4. The number of benzene rings is 2. The number of nitro groups is 1. The van der Waals surface area contributed by atoms with E-state index in [0.717, 1.165) is 6.07 Å². The summed E-state index contributed by atoms with van der Waals surface area (Å²) < 4.78 is 0. The SMILES string of the molecule is CC(NC(=O)c1cc(Cl)ccc1O)C(=O)Nc1ccc([N+](=O)[O-])cc1Cl. The molecular formula is C16H13Cl2N3O5. The lowest BCUT2D eigenvalue weighted by Gasteiger charge is -2.15. The first-order valence-corrected chi connectivity index (χ1v) is 7.99. The number of aromatic hydroxyl groups is 1. The van der Waals surface area contributed by atoms with Crippen LogP contribution in [0.3, 0.4) is 0 Å². The Morgan fingerprint density at radius 2 is 1.88 bits per heavy atom. The standard InChI is InChI=1S/C16H13Cl2N3O5/c1-8(19-16(24)11-6-9(17)2-5-14(11)22)15(23)20-13-4-3-10(21(25)26)7-12(13)18/h2-8,22H,1H3,(H,19,24)(H,20,23). The molecule has 0 bridgehead atoms. The fourth-order valence-electron chi connectivity index (χ4n) is 1.99. The molecule has 0 spiro atoms. The molecule has 2 aromatic carbocycles. The second-order valence-electron chi connectivity index (χ2n) is 5.27. The van der Waals surface area contributed by atoms with Crippen molar-refractivity contribution in [2.75, 3.05) is 5.32 Å². The molecule has 26 heavy (non-hydrogen) atoms. The molecule has 2 aromatic rings. The van der Waals surface area contributed by atoms with E-state index in [-0.39, 0.29) is 32.7 Å². The summed E-state index contributed by atoms with van der Waals surface area (Å²) in [6.45, 7) is 1.42. The largest absolute Gasteiger partial charge is 0.507 e. The highest BCUT2D eigenvalue weighted by Crippen LogP contribution is 2.27. The van der Waals surface area contributed by atoms with Crippen molar-refractivity contribution in [3.63, 3.8) is 0 Å². The molecule has 0 saturated heterocycles. The average Bonchev–Trinajstić information content (AvgIpc) is 2.58. The highest BCUT2D eigenvalue weighted by Gasteiger charge is 2.20. The topological polar surface area (TPSA) is 122 Å². The average molecular weight is 398 g/mol. The van der Waals surface area contributed by atoms with Gasteiger partial charge in [-0.05, 0) is 31.2 Å². The minimum absolute atomic E-state index is 0.0152. The highest BCUT2D eigenvalue weighted by molar-refractivity contribution is 6.34. The van der Waals surface area contributed by atoms with Gasteiger partial charge in [-0.3, -0.25) is 19.7 Å². The highest BCUT2D eigenvalue weighted by atomic mass is 35.5. The maximum atomic E-state index is 12.2. The Hall–Kier alpha value is -2.84. The summed E-state index contributed by atoms with van der Waals surface area (Å²) in [6, 6.07) is 6.55. The number of halogens is 2. The molecule has 2 amide bonds. The van der Waals surface area contributed by atoms with Crippen molar-refractivity contribution in [2.24, 2.45) is 0 Å². The van der Waals surface area contributed by atoms with E-state index in [9.17, 15) is 24.8 Å². The van der Waals surface area contributed by atoms with Crippen LogP contribution in [0.1, 0.15) is 17.3 Å². The number of carbonyl (C=O) groups is 2. The fraction of sp³-hybridized carbons (Fsp3) is 0.125. The predicted molar refractivity (Wildman–Crippen MR) is 96.8 cm³/mol. The van der Waals surface area contributed by atoms with E-state index in [0.29, 0.717) is 0 Å². The number of rotatable bonds is 5. The van der Waals surface area contributed by atoms with Crippen LogP contribution in [0.2, 0.25) is 10.0 Å². The van der Waals surface area contributed by atoms with Crippen molar-refractivity contribution >= 4 is 46.4 Å². The van der Waals surface area contributed by atoms with Gasteiger partial charge in [0, 0.05) is 17.2 Å². The second-order valence-corrected chi connectivity index (χ2v) is 6.11. The van der Waals surface area contributed by atoms with Gasteiger partial charge in [0.25, 0.3) is 11.6 Å². The van der Waals surface area contributed by atoms with Crippen LogP contribution in [0.15, 0.2) is 36.4 Å². The van der Waals surface area contributed by atoms with E-state index in [1.807, 2.05) is 0 Å². The normalized spacial score (nSPS) is 11.5. The van der Waals surface area contributed by atoms with E-state index >= 15 is 0 Å². The van der Waals surface area contributed by atoms with Gasteiger partial charge < -0.3 is 15.7 Å². The van der Waals surface area contributed by atoms with Crippen molar-refractivity contribution in [1.29, 1.82) is 0 Å². The van der Waals surface area contributed by atoms with Crippen molar-refractivity contribution in [1.82, 2.24) is 5.32 Å². The number of hydrogen-bond donors (Lipinski definition) is 3. The minimum Gasteiger partial charge on any atom is -0.507 e. The molecule has 3 N–H and O–H groups in total. The predicted octanol–water partition coefficient (Wildman–Crippen LogP) is 3.36. The van der Waals surface area contributed by atoms with E-state index in [1.54, 1.807) is 0 Å². The smallest absolute Gasteiger partial charge is 0.271 e. The van der Waals surface area contributed by atoms with E-state index < -0.39 is 22.8 Å². The first-order valence-electron chi connectivity index (χ1n) is 7.23. The minimum atomic E-state index is -0.979. The first kappa shape index (κ1) is 19.5. The van der Waals surface area contributed by atoms with E-state index in [2.05, 4.69) is 10.6 Å². The number of phenolic OH excluding ortho intramolecular Hbond substituents is 1. The molecule has 136 valence electrons. The van der Waals surface area contributed by atoms with Gasteiger partial charge in [0.05, 0.1) is 21.2 Å². The van der Waals surface area contributed by atoms with Crippen LogP contribution in [0.4, 0.5) is 11.4 Å². The van der Waals surface area contributed by atoms with E-state index in [1.165, 1.54) is 37.3 Å². The third-order valence-corrected chi connectivity index (χ3v) is 3.91. The van der Waals surface area contributed by atoms with E-state index in [4.69, 9.17) is 23.2 Å². The van der Waals surface area contributed by atoms with Crippen LogP contribution in [-0.2, 0) is 4.79 Å². The summed E-state index contributed by atoms with van der Waals surface area (Å²) in [5.41, 5.74) is -0.134. The first-order chi connectivity index (χ1) is 12.2. The fourth-order valence-corrected chi connectivity index (χ4v) is 2.38. The van der Waals surface area contributed by atoms with Crippen LogP contribution in [-0.4, -0.2) is 27.9 Å². The van der Waals surface area contributed by atoms with Gasteiger partial charge >= 0.3 is 0 Å². The number of non-ortho nitro benzene ring substituents is 1. The Labute approximate surface area is 157 Å². The molecule has 0 aromatic heterocycles. The summed E-state index contributed by atoms with van der Waals surface area (Å²) in [4.78, 5) is 34.4. The molecule has 10 heteroatoms. The number of nitrogens with one attached hydrogen (secondary N) is 2. The molecule has 1 atom stereocenters. The number of anilines is 1. The Bertz CT molecular complexity index is 888. The molecule has 2 rings (SSSR count). The number of nitro benzene ring substituents is 1. The second kappa shape index (κ2) is 8.03. The number of nitrogens with zero attached hydrogens (tertiary/aromatic N) is 1. The van der Waals surface area contributed by atoms with Gasteiger partial charge in [0.2, 0.25) is 5.91 Å². The third kappa shape index (κ3) is 4.62. The lowest BCUT2D eigenvalue weighted by molar-refractivity contribution is -0.384. The summed E-state index contributed by atoms with van der Waals surface area (Å²) in [5.74, 6) is -1.57. The summed E-state index contributed by atoms with van der Waals surface area (Å²) in [5, 5.41) is 25.5. The maximum Gasteiger partial charge on any atom is 0.271 e. The maximum absolute atomic E-state index is 12.2. The zero-order valence-corrected chi connectivity index (χ0v) is 14.8. The number of phenols is 1. The zero-order valence-electron chi connectivity index (χ0n) is 13.3. The number of hydrogen-bond acceptors (Lipinski definition) is 5. The molecule has 0 aliphatic heterocycles. The van der Waals surface area contributed by atoms with Crippen molar-refractivity contribution < 1.29 is 19.6 Å². The molecule has 1 unspecified atom stereocenters. The Balaban J connectivity index is 2.07. The van der Waals surface area contributed by atoms with Crippen molar-refractivity contribution in [3.8, 4) is 5.75 Å². The lowest BCUT2D eigenvalue weighted by Crippen LogP contribution is -2.41. The monoisotopic (exact) mass is 397 g/mol. The van der Waals surface area contributed by atoms with Crippen LogP contribution in [0.5, 0.6) is 5.75 Å². The lowest BCUT2D eigenvalue weighted by atomic mass is 10.1. The van der Waals surface area contributed by atoms with Crippen molar-refractivity contribution in [3.05, 3.63) is 62.1 Å². The molecule has 0 fully saturated rings. The van der Waals surface area contributed by atoms with Crippen LogP contribution < -0.4 is 10.6 Å². The van der Waals surface area contributed by atoms with Gasteiger partial charge in [-0.15, -0.1) is 0 Å². The summed E-state index contributed by atoms with van der Waals surface area (Å²) >= 11 is 11.7. The van der Waals surface area contributed by atoms with Crippen LogP contribution in [0, 0.1) is 10.1 Å². The van der Waals surface area contributed by atoms with Gasteiger partial charge in [0.15, 0.2) is 0 Å². The summed E-state index contributed by atoms with van der Waals surface area (Å²) in [6.07, 6.45) is 0. The van der Waals surface area contributed by atoms with Gasteiger partial charge in [-0.1, -0.05) is 23.2 Å². The molecule has 0 aliphatic rings. The Morgan fingerprint density at radius 1 is 1.19 bits per heavy atom. The van der Waals surface area contributed by atoms with Gasteiger partial charge in [0.1, 0.15) is 11.8 Å². The third-order valence-electron chi connectivity index (χ3n) is 3.37. The molecule has 0 heterocycles. The quantitative estimate of drug-likeness (QED) is 0.527. The molecule has 0 radical (unpaired) electrons. The molecule has 0 aliphatic carbocycles. The molecule has 0 saturated carbocycles. The van der Waals surface area contributed by atoms with Gasteiger partial charge in [-0.25, -0.2) is 0 Å². The van der Waals surface area contributed by atoms with Crippen LogP contribution in [0.25, 0.3) is 0 Å². The number of amides is 2. The molecular weight excluding hydrogens is 385 g/mol. The van der Waals surface area contributed by atoms with Crippen LogP contribution >= 0.6 is 23.2 Å².